The average Bonchev–Trinajstić information content (AvgIpc) is 2.44. The maximum absolute atomic E-state index is 11.7. The zero-order valence-corrected chi connectivity index (χ0v) is 15.1. The van der Waals surface area contributed by atoms with Gasteiger partial charge in [-0.05, 0) is 36.5 Å². The summed E-state index contributed by atoms with van der Waals surface area (Å²) < 4.78 is 5.92. The monoisotopic (exact) mass is 326 g/mol. The number of hydrogen-bond donors (Lipinski definition) is 1. The van der Waals surface area contributed by atoms with Gasteiger partial charge in [-0.1, -0.05) is 68.3 Å². The van der Waals surface area contributed by atoms with E-state index in [-0.39, 0.29) is 5.41 Å². The fourth-order valence-corrected chi connectivity index (χ4v) is 2.92. The molecule has 1 N–H and O–H groups in total. The summed E-state index contributed by atoms with van der Waals surface area (Å²) in [6, 6.07) is 13.8. The van der Waals surface area contributed by atoms with Gasteiger partial charge >= 0.3 is 5.97 Å². The van der Waals surface area contributed by atoms with E-state index in [0.29, 0.717) is 12.2 Å². The lowest BCUT2D eigenvalue weighted by Gasteiger charge is -2.25. The molecule has 0 unspecified atom stereocenters. The van der Waals surface area contributed by atoms with Crippen molar-refractivity contribution >= 4 is 5.97 Å². The number of carboxylic acids is 1. The van der Waals surface area contributed by atoms with Crippen LogP contribution < -0.4 is 4.74 Å². The zero-order valence-electron chi connectivity index (χ0n) is 15.1. The molecule has 0 bridgehead atoms. The number of benzene rings is 2. The van der Waals surface area contributed by atoms with E-state index in [2.05, 4.69) is 26.8 Å². The fourth-order valence-electron chi connectivity index (χ4n) is 2.92. The van der Waals surface area contributed by atoms with Crippen LogP contribution in [0.2, 0.25) is 0 Å². The predicted octanol–water partition coefficient (Wildman–Crippen LogP) is 4.68. The van der Waals surface area contributed by atoms with E-state index in [9.17, 15) is 9.90 Å². The minimum atomic E-state index is -0.946. The van der Waals surface area contributed by atoms with Gasteiger partial charge in [-0.15, -0.1) is 0 Å². The van der Waals surface area contributed by atoms with Crippen LogP contribution >= 0.6 is 0 Å². The van der Waals surface area contributed by atoms with Crippen LogP contribution in [0.5, 0.6) is 5.75 Å². The Balaban J connectivity index is 2.29. The quantitative estimate of drug-likeness (QED) is 0.868. The Morgan fingerprint density at radius 2 is 1.67 bits per heavy atom. The summed E-state index contributed by atoms with van der Waals surface area (Å²) in [7, 11) is 0. The Bertz CT molecular complexity index is 706. The predicted molar refractivity (Wildman–Crippen MR) is 96.8 cm³/mol. The lowest BCUT2D eigenvalue weighted by atomic mass is 9.86. The van der Waals surface area contributed by atoms with Crippen molar-refractivity contribution in [3.63, 3.8) is 0 Å². The molecule has 0 aliphatic heterocycles. The summed E-state index contributed by atoms with van der Waals surface area (Å²) in [6.45, 7) is 10.3. The molecule has 0 aromatic heterocycles. The fraction of sp³-hybridized carbons (Fsp3) is 0.381. The molecule has 2 rings (SSSR count). The topological polar surface area (TPSA) is 46.5 Å². The summed E-state index contributed by atoms with van der Waals surface area (Å²) in [5.41, 5.74) is 4.14. The summed E-state index contributed by atoms with van der Waals surface area (Å²) in [5.74, 6) is -0.306. The van der Waals surface area contributed by atoms with Crippen LogP contribution in [-0.4, -0.2) is 17.2 Å². The van der Waals surface area contributed by atoms with Crippen LogP contribution in [0.3, 0.4) is 0 Å². The minimum Gasteiger partial charge on any atom is -0.478 e. The molecule has 0 spiro atoms. The number of rotatable bonds is 5. The smallest absolute Gasteiger partial charge is 0.345 e. The second kappa shape index (κ2) is 7.08. The van der Waals surface area contributed by atoms with Gasteiger partial charge in [0.05, 0.1) is 0 Å². The Morgan fingerprint density at radius 1 is 1.08 bits per heavy atom. The van der Waals surface area contributed by atoms with Crippen LogP contribution in [0.4, 0.5) is 0 Å². The number of para-hydroxylation sites is 1. The van der Waals surface area contributed by atoms with Gasteiger partial charge in [-0.3, -0.25) is 0 Å². The largest absolute Gasteiger partial charge is 0.478 e. The Labute approximate surface area is 144 Å². The maximum Gasteiger partial charge on any atom is 0.345 e. The maximum atomic E-state index is 11.7. The van der Waals surface area contributed by atoms with Gasteiger partial charge in [0.15, 0.2) is 6.10 Å². The molecule has 24 heavy (non-hydrogen) atoms. The van der Waals surface area contributed by atoms with Gasteiger partial charge in [0.2, 0.25) is 0 Å². The van der Waals surface area contributed by atoms with Crippen LogP contribution in [0.25, 0.3) is 0 Å². The molecular formula is C21H26O3. The molecule has 2 aromatic carbocycles. The van der Waals surface area contributed by atoms with Crippen LogP contribution in [0, 0.1) is 13.8 Å². The zero-order chi connectivity index (χ0) is 17.9. The molecule has 128 valence electrons. The molecule has 1 atom stereocenters. The Morgan fingerprint density at radius 3 is 2.21 bits per heavy atom. The van der Waals surface area contributed by atoms with Gasteiger partial charge in [0, 0.05) is 6.42 Å². The SMILES string of the molecule is Cc1cc(C)cc(C[C@H](Oc2ccccc2C(C)(C)C)C(=O)O)c1. The van der Waals surface area contributed by atoms with Gasteiger partial charge in [-0.25, -0.2) is 4.79 Å². The van der Waals surface area contributed by atoms with E-state index in [1.165, 1.54) is 0 Å². The molecule has 0 amide bonds. The third-order valence-corrected chi connectivity index (χ3v) is 3.94. The van der Waals surface area contributed by atoms with E-state index in [4.69, 9.17) is 4.74 Å². The van der Waals surface area contributed by atoms with Crippen molar-refractivity contribution in [2.75, 3.05) is 0 Å². The second-order valence-corrected chi connectivity index (χ2v) is 7.39. The van der Waals surface area contributed by atoms with Crippen LogP contribution in [0.15, 0.2) is 42.5 Å². The highest BCUT2D eigenvalue weighted by molar-refractivity contribution is 5.73. The molecule has 0 saturated carbocycles. The van der Waals surface area contributed by atoms with Crippen molar-refractivity contribution in [1.82, 2.24) is 0 Å². The van der Waals surface area contributed by atoms with E-state index in [1.807, 2.05) is 50.2 Å². The highest BCUT2D eigenvalue weighted by Crippen LogP contribution is 2.32. The first kappa shape index (κ1) is 18.1. The molecule has 3 nitrogen and oxygen atoms in total. The van der Waals surface area contributed by atoms with Crippen molar-refractivity contribution in [2.24, 2.45) is 0 Å². The third kappa shape index (κ3) is 4.60. The normalized spacial score (nSPS) is 12.7. The average molecular weight is 326 g/mol. The Kier molecular flexibility index (Phi) is 5.33. The highest BCUT2D eigenvalue weighted by atomic mass is 16.5. The lowest BCUT2D eigenvalue weighted by Crippen LogP contribution is -2.30. The standard InChI is InChI=1S/C21H26O3/c1-14-10-15(2)12-16(11-14)13-19(20(22)23)24-18-9-7-6-8-17(18)21(3,4)5/h6-12,19H,13H2,1-5H3,(H,22,23)/t19-/m0/s1. The number of aryl methyl sites for hydroxylation is 2. The molecule has 0 saturated heterocycles. The number of aliphatic carboxylic acids is 1. The van der Waals surface area contributed by atoms with Crippen LogP contribution in [-0.2, 0) is 16.6 Å². The first-order valence-corrected chi connectivity index (χ1v) is 8.23. The molecule has 0 aliphatic carbocycles. The van der Waals surface area contributed by atoms with E-state index in [0.717, 1.165) is 22.3 Å². The minimum absolute atomic E-state index is 0.112. The van der Waals surface area contributed by atoms with Crippen LogP contribution in [0.1, 0.15) is 43.0 Å². The van der Waals surface area contributed by atoms with Gasteiger partial charge in [0.1, 0.15) is 5.75 Å². The van der Waals surface area contributed by atoms with Gasteiger partial charge in [-0.2, -0.15) is 0 Å². The number of ether oxygens (including phenoxy) is 1. The molecule has 0 heterocycles. The molecule has 0 aliphatic rings. The molecule has 0 radical (unpaired) electrons. The summed E-state index contributed by atoms with van der Waals surface area (Å²) in [5, 5.41) is 9.60. The molecule has 3 heteroatoms. The van der Waals surface area contributed by atoms with Crippen molar-refractivity contribution < 1.29 is 14.6 Å². The summed E-state index contributed by atoms with van der Waals surface area (Å²) >= 11 is 0. The third-order valence-electron chi connectivity index (χ3n) is 3.94. The van der Waals surface area contributed by atoms with Gasteiger partial charge < -0.3 is 9.84 Å². The number of hydrogen-bond acceptors (Lipinski definition) is 2. The Hall–Kier alpha value is -2.29. The molecule has 2 aromatic rings. The second-order valence-electron chi connectivity index (χ2n) is 7.39. The first-order chi connectivity index (χ1) is 11.2. The van der Waals surface area contributed by atoms with Crippen molar-refractivity contribution in [3.8, 4) is 5.75 Å². The van der Waals surface area contributed by atoms with E-state index < -0.39 is 12.1 Å². The van der Waals surface area contributed by atoms with Crippen molar-refractivity contribution in [3.05, 3.63) is 64.7 Å². The van der Waals surface area contributed by atoms with Gasteiger partial charge in [0.25, 0.3) is 0 Å². The first-order valence-electron chi connectivity index (χ1n) is 8.23. The van der Waals surface area contributed by atoms with Crippen molar-refractivity contribution in [2.45, 2.75) is 52.6 Å². The number of carbonyl (C=O) groups is 1. The summed E-state index contributed by atoms with van der Waals surface area (Å²) in [4.78, 5) is 11.7. The van der Waals surface area contributed by atoms with E-state index >= 15 is 0 Å². The van der Waals surface area contributed by atoms with Crippen molar-refractivity contribution in [1.29, 1.82) is 0 Å². The van der Waals surface area contributed by atoms with E-state index in [1.54, 1.807) is 0 Å². The molecule has 0 fully saturated rings. The summed E-state index contributed by atoms with van der Waals surface area (Å²) in [6.07, 6.45) is -0.564. The lowest BCUT2D eigenvalue weighted by molar-refractivity contribution is -0.145. The number of carboxylic acid groups (broad SMARTS) is 1. The molecular weight excluding hydrogens is 300 g/mol. The highest BCUT2D eigenvalue weighted by Gasteiger charge is 2.24.